The van der Waals surface area contributed by atoms with Gasteiger partial charge in [0.25, 0.3) is 0 Å². The van der Waals surface area contributed by atoms with Crippen molar-refractivity contribution in [2.75, 3.05) is 19.5 Å². The largest absolute Gasteiger partial charge is 0.372 e. The van der Waals surface area contributed by atoms with Crippen LogP contribution in [0, 0.1) is 3.57 Å². The molecule has 4 nitrogen and oxygen atoms in total. The van der Waals surface area contributed by atoms with Crippen molar-refractivity contribution in [1.82, 2.24) is 9.97 Å². The Labute approximate surface area is 134 Å². The minimum Gasteiger partial charge on any atom is -0.372 e. The molecule has 0 aliphatic heterocycles. The summed E-state index contributed by atoms with van der Waals surface area (Å²) in [5.74, 6) is 2.49. The zero-order valence-corrected chi connectivity index (χ0v) is 14.4. The molecule has 0 atom stereocenters. The highest BCUT2D eigenvalue weighted by atomic mass is 127. The fraction of sp³-hybridized carbons (Fsp3) is 0.733. The molecule has 0 spiro atoms. The topological polar surface area (TPSA) is 47.0 Å². The van der Waals surface area contributed by atoms with Crippen molar-refractivity contribution in [3.05, 3.63) is 15.1 Å². The first kappa shape index (κ1) is 14.5. The number of halogens is 1. The van der Waals surface area contributed by atoms with E-state index in [1.807, 2.05) is 14.2 Å². The number of hydrogen-bond donors (Lipinski definition) is 1. The summed E-state index contributed by atoms with van der Waals surface area (Å²) in [6.45, 7) is 0. The number of nitrogens with one attached hydrogen (secondary N) is 1. The number of anilines is 1. The molecule has 1 aromatic heterocycles. The first-order valence-corrected chi connectivity index (χ1v) is 8.59. The number of nitrogens with zero attached hydrogens (tertiary/aromatic N) is 2. The maximum absolute atomic E-state index is 5.90. The SMILES string of the molecule is CNc1nc(C2(OC)CCCCC2)nc(C2CC2)c1I. The summed E-state index contributed by atoms with van der Waals surface area (Å²) in [6, 6.07) is 0. The van der Waals surface area contributed by atoms with Crippen LogP contribution in [0.1, 0.15) is 62.4 Å². The van der Waals surface area contributed by atoms with Crippen molar-refractivity contribution in [3.8, 4) is 0 Å². The van der Waals surface area contributed by atoms with E-state index in [9.17, 15) is 0 Å². The van der Waals surface area contributed by atoms with E-state index in [1.54, 1.807) is 0 Å². The van der Waals surface area contributed by atoms with Crippen LogP contribution in [0.2, 0.25) is 0 Å². The quantitative estimate of drug-likeness (QED) is 0.799. The maximum Gasteiger partial charge on any atom is 0.162 e. The Morgan fingerprint density at radius 2 is 1.90 bits per heavy atom. The van der Waals surface area contributed by atoms with Gasteiger partial charge in [-0.1, -0.05) is 19.3 Å². The third kappa shape index (κ3) is 2.54. The lowest BCUT2D eigenvalue weighted by molar-refractivity contribution is -0.0515. The Morgan fingerprint density at radius 3 is 2.45 bits per heavy atom. The van der Waals surface area contributed by atoms with Crippen LogP contribution >= 0.6 is 22.6 Å². The molecule has 0 aromatic carbocycles. The molecule has 2 aliphatic carbocycles. The normalized spacial score (nSPS) is 21.8. The highest BCUT2D eigenvalue weighted by Crippen LogP contribution is 2.45. The van der Waals surface area contributed by atoms with Crippen molar-refractivity contribution < 1.29 is 4.74 Å². The van der Waals surface area contributed by atoms with Crippen LogP contribution in [-0.2, 0) is 10.3 Å². The molecule has 2 fully saturated rings. The fourth-order valence-corrected chi connectivity index (χ4v) is 4.05. The van der Waals surface area contributed by atoms with Crippen LogP contribution in [0.5, 0.6) is 0 Å². The van der Waals surface area contributed by atoms with Crippen LogP contribution in [0.4, 0.5) is 5.82 Å². The number of aromatic nitrogens is 2. The first-order chi connectivity index (χ1) is 9.70. The van der Waals surface area contributed by atoms with Crippen LogP contribution in [-0.4, -0.2) is 24.1 Å². The van der Waals surface area contributed by atoms with Crippen LogP contribution in [0.3, 0.4) is 0 Å². The molecule has 5 heteroatoms. The van der Waals surface area contributed by atoms with E-state index in [2.05, 4.69) is 27.9 Å². The number of methoxy groups -OCH3 is 1. The second kappa shape index (κ2) is 5.75. The van der Waals surface area contributed by atoms with Crippen molar-refractivity contribution in [2.24, 2.45) is 0 Å². The summed E-state index contributed by atoms with van der Waals surface area (Å²) in [7, 11) is 3.74. The molecule has 0 unspecified atom stereocenters. The Kier molecular flexibility index (Phi) is 4.17. The molecule has 2 saturated carbocycles. The van der Waals surface area contributed by atoms with E-state index < -0.39 is 0 Å². The summed E-state index contributed by atoms with van der Waals surface area (Å²) in [4.78, 5) is 9.70. The smallest absolute Gasteiger partial charge is 0.162 e. The highest BCUT2D eigenvalue weighted by Gasteiger charge is 2.39. The van der Waals surface area contributed by atoms with E-state index in [4.69, 9.17) is 14.7 Å². The number of ether oxygens (including phenoxy) is 1. The van der Waals surface area contributed by atoms with E-state index in [0.29, 0.717) is 5.92 Å². The van der Waals surface area contributed by atoms with Gasteiger partial charge in [0.1, 0.15) is 11.4 Å². The van der Waals surface area contributed by atoms with Gasteiger partial charge < -0.3 is 10.1 Å². The van der Waals surface area contributed by atoms with Crippen molar-refractivity contribution in [3.63, 3.8) is 0 Å². The number of rotatable bonds is 4. The van der Waals surface area contributed by atoms with Crippen LogP contribution in [0.25, 0.3) is 0 Å². The van der Waals surface area contributed by atoms with E-state index in [-0.39, 0.29) is 5.60 Å². The Morgan fingerprint density at radius 1 is 1.20 bits per heavy atom. The van der Waals surface area contributed by atoms with Crippen molar-refractivity contribution >= 4 is 28.4 Å². The minimum absolute atomic E-state index is 0.266. The highest BCUT2D eigenvalue weighted by molar-refractivity contribution is 14.1. The van der Waals surface area contributed by atoms with E-state index in [1.165, 1.54) is 41.4 Å². The van der Waals surface area contributed by atoms with Gasteiger partial charge in [0.05, 0.1) is 9.26 Å². The first-order valence-electron chi connectivity index (χ1n) is 7.51. The Bertz CT molecular complexity index is 496. The Hall–Kier alpha value is -0.430. The monoisotopic (exact) mass is 387 g/mol. The zero-order chi connectivity index (χ0) is 14.2. The molecule has 0 bridgehead atoms. The molecule has 1 N–H and O–H groups in total. The predicted molar refractivity (Wildman–Crippen MR) is 88.0 cm³/mol. The predicted octanol–water partition coefficient (Wildman–Crippen LogP) is 3.81. The molecule has 1 heterocycles. The lowest BCUT2D eigenvalue weighted by Gasteiger charge is -2.35. The molecule has 20 heavy (non-hydrogen) atoms. The minimum atomic E-state index is -0.266. The number of hydrogen-bond acceptors (Lipinski definition) is 4. The maximum atomic E-state index is 5.90. The summed E-state index contributed by atoms with van der Waals surface area (Å²) in [5, 5.41) is 3.22. The molecular formula is C15H22IN3O. The Balaban J connectivity index is 2.05. The van der Waals surface area contributed by atoms with Crippen LogP contribution in [0.15, 0.2) is 0 Å². The standard InChI is InChI=1S/C15H22IN3O/c1-17-13-11(16)12(10-6-7-10)18-14(19-13)15(20-2)8-4-3-5-9-15/h10H,3-9H2,1-2H3,(H,17,18,19). The second-order valence-corrected chi connectivity index (χ2v) is 6.96. The summed E-state index contributed by atoms with van der Waals surface area (Å²) in [5.41, 5.74) is 0.958. The molecule has 110 valence electrons. The van der Waals surface area contributed by atoms with Crippen molar-refractivity contribution in [2.45, 2.75) is 56.5 Å². The zero-order valence-electron chi connectivity index (χ0n) is 12.2. The molecule has 2 aliphatic rings. The molecule has 0 amide bonds. The molecule has 1 aromatic rings. The lowest BCUT2D eigenvalue weighted by atomic mass is 9.84. The second-order valence-electron chi connectivity index (χ2n) is 5.88. The summed E-state index contributed by atoms with van der Waals surface area (Å²) >= 11 is 2.37. The summed E-state index contributed by atoms with van der Waals surface area (Å²) in [6.07, 6.45) is 8.30. The van der Waals surface area contributed by atoms with E-state index >= 15 is 0 Å². The molecule has 0 radical (unpaired) electrons. The average Bonchev–Trinajstić information content (AvgIpc) is 3.33. The van der Waals surface area contributed by atoms with Gasteiger partial charge in [-0.2, -0.15) is 0 Å². The average molecular weight is 387 g/mol. The van der Waals surface area contributed by atoms with Gasteiger partial charge in [-0.25, -0.2) is 9.97 Å². The van der Waals surface area contributed by atoms with Gasteiger partial charge in [0.2, 0.25) is 0 Å². The summed E-state index contributed by atoms with van der Waals surface area (Å²) < 4.78 is 7.08. The molecule has 0 saturated heterocycles. The third-order valence-corrected chi connectivity index (χ3v) is 5.60. The molecule has 3 rings (SSSR count). The van der Waals surface area contributed by atoms with Gasteiger partial charge in [-0.05, 0) is 48.3 Å². The van der Waals surface area contributed by atoms with Gasteiger partial charge >= 0.3 is 0 Å². The van der Waals surface area contributed by atoms with Gasteiger partial charge in [0, 0.05) is 20.1 Å². The third-order valence-electron chi connectivity index (χ3n) is 4.54. The van der Waals surface area contributed by atoms with Crippen molar-refractivity contribution in [1.29, 1.82) is 0 Å². The van der Waals surface area contributed by atoms with E-state index in [0.717, 1.165) is 24.5 Å². The molecular weight excluding hydrogens is 365 g/mol. The van der Waals surface area contributed by atoms with Gasteiger partial charge in [-0.3, -0.25) is 0 Å². The van der Waals surface area contributed by atoms with Crippen LogP contribution < -0.4 is 5.32 Å². The van der Waals surface area contributed by atoms with Gasteiger partial charge in [0.15, 0.2) is 5.82 Å². The fourth-order valence-electron chi connectivity index (χ4n) is 3.10. The van der Waals surface area contributed by atoms with Gasteiger partial charge in [-0.15, -0.1) is 0 Å². The lowest BCUT2D eigenvalue weighted by Crippen LogP contribution is -2.34.